The van der Waals surface area contributed by atoms with E-state index in [1.54, 1.807) is 41.2 Å². The maximum absolute atomic E-state index is 12.6. The van der Waals surface area contributed by atoms with E-state index < -0.39 is 5.54 Å². The van der Waals surface area contributed by atoms with Crippen molar-refractivity contribution in [3.05, 3.63) is 29.0 Å². The average Bonchev–Trinajstić information content (AvgIpc) is 3.07. The predicted molar refractivity (Wildman–Crippen MR) is 82.7 cm³/mol. The first kappa shape index (κ1) is 14.7. The highest BCUT2D eigenvalue weighted by Crippen LogP contribution is 2.33. The van der Waals surface area contributed by atoms with Crippen LogP contribution in [0.3, 0.4) is 0 Å². The molecule has 116 valence electrons. The number of aromatic nitrogens is 3. The summed E-state index contributed by atoms with van der Waals surface area (Å²) in [7, 11) is 1.79. The van der Waals surface area contributed by atoms with Crippen LogP contribution in [0.2, 0.25) is 0 Å². The zero-order valence-electron chi connectivity index (χ0n) is 12.7. The van der Waals surface area contributed by atoms with Crippen LogP contribution in [-0.4, -0.2) is 43.6 Å². The molecule has 1 saturated heterocycles. The van der Waals surface area contributed by atoms with Gasteiger partial charge < -0.3 is 4.90 Å². The number of hydrogen-bond acceptors (Lipinski definition) is 5. The molecule has 0 aromatic carbocycles. The Morgan fingerprint density at radius 3 is 2.73 bits per heavy atom. The second-order valence-corrected chi connectivity index (χ2v) is 6.46. The van der Waals surface area contributed by atoms with Gasteiger partial charge in [0, 0.05) is 30.9 Å². The number of rotatable bonds is 3. The molecule has 2 amide bonds. The van der Waals surface area contributed by atoms with E-state index in [0.717, 1.165) is 5.69 Å². The Bertz CT molecular complexity index is 704. The average molecular weight is 319 g/mol. The SMILES string of the molecule is Cc1cc(C(=O)N2CCC2(C)C(=O)Nc2nccs2)nn1C. The Morgan fingerprint density at radius 1 is 1.45 bits per heavy atom. The molecular weight excluding hydrogens is 302 g/mol. The molecule has 2 aromatic rings. The molecule has 1 aliphatic rings. The van der Waals surface area contributed by atoms with Crippen LogP contribution in [0.25, 0.3) is 0 Å². The standard InChI is InChI=1S/C14H17N5O2S/c1-9-8-10(17-18(9)3)11(20)19-6-4-14(19,2)12(21)16-13-15-5-7-22-13/h5,7-8H,4,6H2,1-3H3,(H,15,16,21). The highest BCUT2D eigenvalue weighted by atomic mass is 32.1. The maximum Gasteiger partial charge on any atom is 0.275 e. The first-order valence-electron chi connectivity index (χ1n) is 6.95. The van der Waals surface area contributed by atoms with E-state index in [4.69, 9.17) is 0 Å². The number of carbonyl (C=O) groups is 2. The van der Waals surface area contributed by atoms with Crippen LogP contribution >= 0.6 is 11.3 Å². The molecule has 3 heterocycles. The lowest BCUT2D eigenvalue weighted by Crippen LogP contribution is -2.66. The molecule has 0 radical (unpaired) electrons. The number of thiazole rings is 1. The summed E-state index contributed by atoms with van der Waals surface area (Å²) < 4.78 is 1.65. The van der Waals surface area contributed by atoms with Crippen molar-refractivity contribution < 1.29 is 9.59 Å². The number of carbonyl (C=O) groups excluding carboxylic acids is 2. The van der Waals surface area contributed by atoms with Gasteiger partial charge in [-0.1, -0.05) is 0 Å². The maximum atomic E-state index is 12.6. The number of nitrogens with one attached hydrogen (secondary N) is 1. The van der Waals surface area contributed by atoms with Crippen molar-refractivity contribution in [3.8, 4) is 0 Å². The number of likely N-dealkylation sites (tertiary alicyclic amines) is 1. The summed E-state index contributed by atoms with van der Waals surface area (Å²) in [5.74, 6) is -0.429. The molecule has 1 N–H and O–H groups in total. The van der Waals surface area contributed by atoms with Gasteiger partial charge in [0.1, 0.15) is 5.54 Å². The van der Waals surface area contributed by atoms with Crippen molar-refractivity contribution in [2.75, 3.05) is 11.9 Å². The largest absolute Gasteiger partial charge is 0.323 e. The molecule has 2 aromatic heterocycles. The summed E-state index contributed by atoms with van der Waals surface area (Å²) in [5.41, 5.74) is 0.416. The zero-order chi connectivity index (χ0) is 15.9. The first-order chi connectivity index (χ1) is 10.4. The van der Waals surface area contributed by atoms with Gasteiger partial charge in [0.05, 0.1) is 0 Å². The summed E-state index contributed by atoms with van der Waals surface area (Å²) in [4.78, 5) is 30.6. The fourth-order valence-corrected chi connectivity index (χ4v) is 2.97. The molecule has 0 aliphatic carbocycles. The molecule has 8 heteroatoms. The Morgan fingerprint density at radius 2 is 2.23 bits per heavy atom. The number of hydrogen-bond donors (Lipinski definition) is 1. The molecule has 1 unspecified atom stereocenters. The third-order valence-corrected chi connectivity index (χ3v) is 4.83. The molecule has 1 aliphatic heterocycles. The number of anilines is 1. The van der Waals surface area contributed by atoms with Crippen molar-refractivity contribution in [3.63, 3.8) is 0 Å². The van der Waals surface area contributed by atoms with E-state index in [9.17, 15) is 9.59 Å². The van der Waals surface area contributed by atoms with Crippen LogP contribution < -0.4 is 5.32 Å². The summed E-state index contributed by atoms with van der Waals surface area (Å²) in [5, 5.41) is 9.29. The Labute approximate surface area is 132 Å². The molecule has 1 atom stereocenters. The van der Waals surface area contributed by atoms with E-state index in [1.807, 2.05) is 6.92 Å². The van der Waals surface area contributed by atoms with Gasteiger partial charge in [-0.25, -0.2) is 4.98 Å². The highest BCUT2D eigenvalue weighted by Gasteiger charge is 2.50. The monoisotopic (exact) mass is 319 g/mol. The summed E-state index contributed by atoms with van der Waals surface area (Å²) in [6, 6.07) is 1.74. The zero-order valence-corrected chi connectivity index (χ0v) is 13.5. The predicted octanol–water partition coefficient (Wildman–Crippen LogP) is 1.43. The van der Waals surface area contributed by atoms with E-state index in [2.05, 4.69) is 15.4 Å². The third kappa shape index (κ3) is 2.29. The topological polar surface area (TPSA) is 80.1 Å². The van der Waals surface area contributed by atoms with E-state index in [-0.39, 0.29) is 11.8 Å². The van der Waals surface area contributed by atoms with Crippen molar-refractivity contribution in [2.24, 2.45) is 7.05 Å². The van der Waals surface area contributed by atoms with Crippen LogP contribution in [0.4, 0.5) is 5.13 Å². The molecule has 1 fully saturated rings. The van der Waals surface area contributed by atoms with Gasteiger partial charge in [0.15, 0.2) is 10.8 Å². The van der Waals surface area contributed by atoms with Gasteiger partial charge in [-0.2, -0.15) is 5.10 Å². The van der Waals surface area contributed by atoms with Crippen LogP contribution in [0.5, 0.6) is 0 Å². The minimum atomic E-state index is -0.853. The normalized spacial score (nSPS) is 20.6. The fraction of sp³-hybridized carbons (Fsp3) is 0.429. The van der Waals surface area contributed by atoms with Gasteiger partial charge in [0.25, 0.3) is 11.8 Å². The minimum Gasteiger partial charge on any atom is -0.323 e. The Kier molecular flexibility index (Phi) is 3.48. The molecule has 0 bridgehead atoms. The molecule has 22 heavy (non-hydrogen) atoms. The lowest BCUT2D eigenvalue weighted by molar-refractivity contribution is -0.132. The molecule has 0 saturated carbocycles. The second-order valence-electron chi connectivity index (χ2n) is 5.57. The summed E-state index contributed by atoms with van der Waals surface area (Å²) >= 11 is 1.35. The van der Waals surface area contributed by atoms with Crippen molar-refractivity contribution in [2.45, 2.75) is 25.8 Å². The van der Waals surface area contributed by atoms with Crippen LogP contribution in [0.1, 0.15) is 29.5 Å². The van der Waals surface area contributed by atoms with E-state index in [0.29, 0.717) is 23.8 Å². The first-order valence-corrected chi connectivity index (χ1v) is 7.83. The molecule has 7 nitrogen and oxygen atoms in total. The highest BCUT2D eigenvalue weighted by molar-refractivity contribution is 7.13. The van der Waals surface area contributed by atoms with Gasteiger partial charge in [-0.3, -0.25) is 19.6 Å². The van der Waals surface area contributed by atoms with Crippen LogP contribution in [-0.2, 0) is 11.8 Å². The molecule has 0 spiro atoms. The van der Waals surface area contributed by atoms with Gasteiger partial charge in [-0.15, -0.1) is 11.3 Å². The Balaban J connectivity index is 1.77. The fourth-order valence-electron chi connectivity index (χ4n) is 2.44. The quantitative estimate of drug-likeness (QED) is 0.928. The van der Waals surface area contributed by atoms with Crippen molar-refractivity contribution in [1.29, 1.82) is 0 Å². The van der Waals surface area contributed by atoms with E-state index in [1.165, 1.54) is 11.3 Å². The lowest BCUT2D eigenvalue weighted by atomic mass is 9.85. The van der Waals surface area contributed by atoms with Crippen molar-refractivity contribution in [1.82, 2.24) is 19.7 Å². The summed E-state index contributed by atoms with van der Waals surface area (Å²) in [6.07, 6.45) is 2.25. The second kappa shape index (κ2) is 5.20. The molecule has 3 rings (SSSR count). The van der Waals surface area contributed by atoms with Gasteiger partial charge in [0.2, 0.25) is 0 Å². The molecular formula is C14H17N5O2S. The van der Waals surface area contributed by atoms with E-state index >= 15 is 0 Å². The third-order valence-electron chi connectivity index (χ3n) is 4.14. The number of aryl methyl sites for hydroxylation is 2. The Hall–Kier alpha value is -2.22. The van der Waals surface area contributed by atoms with Gasteiger partial charge in [-0.05, 0) is 26.3 Å². The van der Waals surface area contributed by atoms with Crippen molar-refractivity contribution >= 4 is 28.3 Å². The number of amides is 2. The summed E-state index contributed by atoms with van der Waals surface area (Å²) in [6.45, 7) is 4.21. The smallest absolute Gasteiger partial charge is 0.275 e. The van der Waals surface area contributed by atoms with Crippen LogP contribution in [0, 0.1) is 6.92 Å². The van der Waals surface area contributed by atoms with Crippen LogP contribution in [0.15, 0.2) is 17.6 Å². The van der Waals surface area contributed by atoms with Gasteiger partial charge >= 0.3 is 0 Å². The lowest BCUT2D eigenvalue weighted by Gasteiger charge is -2.48. The minimum absolute atomic E-state index is 0.213. The number of nitrogens with zero attached hydrogens (tertiary/aromatic N) is 4.